The van der Waals surface area contributed by atoms with Crippen LogP contribution in [0.25, 0.3) is 0 Å². The summed E-state index contributed by atoms with van der Waals surface area (Å²) in [4.78, 5) is 0. The minimum atomic E-state index is -0.231. The van der Waals surface area contributed by atoms with Crippen molar-refractivity contribution < 1.29 is 5.11 Å². The van der Waals surface area contributed by atoms with E-state index in [0.29, 0.717) is 0 Å². The SMILES string of the molecule is C/C=C\[C@@H](O)CC. The van der Waals surface area contributed by atoms with Gasteiger partial charge in [0.1, 0.15) is 0 Å². The Morgan fingerprint density at radius 2 is 2.29 bits per heavy atom. The van der Waals surface area contributed by atoms with Crippen molar-refractivity contribution in [1.29, 1.82) is 0 Å². The molecular weight excluding hydrogens is 88.1 g/mol. The van der Waals surface area contributed by atoms with Gasteiger partial charge in [0, 0.05) is 0 Å². The lowest BCUT2D eigenvalue weighted by Crippen LogP contribution is -1.96. The fourth-order valence-corrected chi connectivity index (χ4v) is 0.358. The van der Waals surface area contributed by atoms with Crippen molar-refractivity contribution in [2.24, 2.45) is 0 Å². The topological polar surface area (TPSA) is 20.2 Å². The Bertz CT molecular complexity index is 57.2. The van der Waals surface area contributed by atoms with Crippen LogP contribution in [0.2, 0.25) is 0 Å². The minimum absolute atomic E-state index is 0.231. The molecule has 0 aliphatic heterocycles. The summed E-state index contributed by atoms with van der Waals surface area (Å²) in [6.07, 6.45) is 4.21. The Hall–Kier alpha value is -0.300. The molecule has 0 unspecified atom stereocenters. The number of aliphatic hydroxyl groups excluding tert-OH is 1. The third-order valence-corrected chi connectivity index (χ3v) is 0.833. The third kappa shape index (κ3) is 3.53. The molecule has 0 heterocycles. The number of aliphatic hydroxyl groups is 1. The van der Waals surface area contributed by atoms with E-state index in [4.69, 9.17) is 5.11 Å². The van der Waals surface area contributed by atoms with Gasteiger partial charge >= 0.3 is 0 Å². The van der Waals surface area contributed by atoms with E-state index >= 15 is 0 Å². The molecule has 0 amide bonds. The van der Waals surface area contributed by atoms with Gasteiger partial charge in [0.15, 0.2) is 0 Å². The molecule has 0 aliphatic rings. The molecular formula is C6H12O. The smallest absolute Gasteiger partial charge is 0.0718 e. The van der Waals surface area contributed by atoms with Gasteiger partial charge in [-0.25, -0.2) is 0 Å². The summed E-state index contributed by atoms with van der Waals surface area (Å²) in [5.41, 5.74) is 0. The Balaban J connectivity index is 3.16. The molecule has 0 fully saturated rings. The molecule has 0 spiro atoms. The van der Waals surface area contributed by atoms with Gasteiger partial charge in [-0.15, -0.1) is 0 Å². The van der Waals surface area contributed by atoms with Gasteiger partial charge in [-0.2, -0.15) is 0 Å². The second kappa shape index (κ2) is 3.88. The van der Waals surface area contributed by atoms with Crippen molar-refractivity contribution in [2.75, 3.05) is 0 Å². The standard InChI is InChI=1S/C6H12O/c1-3-5-6(7)4-2/h3,5-7H,4H2,1-2H3/b5-3-/t6-/m0/s1. The number of rotatable bonds is 2. The monoisotopic (exact) mass is 100 g/mol. The van der Waals surface area contributed by atoms with Crippen molar-refractivity contribution in [3.05, 3.63) is 12.2 Å². The van der Waals surface area contributed by atoms with E-state index in [1.807, 2.05) is 19.9 Å². The highest BCUT2D eigenvalue weighted by atomic mass is 16.3. The molecule has 1 atom stereocenters. The normalized spacial score (nSPS) is 15.3. The van der Waals surface area contributed by atoms with Gasteiger partial charge in [-0.3, -0.25) is 0 Å². The summed E-state index contributed by atoms with van der Waals surface area (Å²) >= 11 is 0. The van der Waals surface area contributed by atoms with E-state index in [2.05, 4.69) is 0 Å². The number of hydrogen-bond acceptors (Lipinski definition) is 1. The van der Waals surface area contributed by atoms with Gasteiger partial charge in [0.25, 0.3) is 0 Å². The molecule has 0 aromatic carbocycles. The van der Waals surface area contributed by atoms with Crippen LogP contribution in [0, 0.1) is 0 Å². The molecule has 1 N–H and O–H groups in total. The van der Waals surface area contributed by atoms with Crippen LogP contribution in [0.4, 0.5) is 0 Å². The Kier molecular flexibility index (Phi) is 3.71. The number of hydrogen-bond donors (Lipinski definition) is 1. The van der Waals surface area contributed by atoms with Crippen LogP contribution in [0.5, 0.6) is 0 Å². The van der Waals surface area contributed by atoms with Crippen molar-refractivity contribution in [3.63, 3.8) is 0 Å². The molecule has 0 saturated heterocycles. The highest BCUT2D eigenvalue weighted by Crippen LogP contribution is 1.89. The molecule has 0 aromatic heterocycles. The lowest BCUT2D eigenvalue weighted by atomic mass is 10.3. The molecule has 7 heavy (non-hydrogen) atoms. The minimum Gasteiger partial charge on any atom is -0.389 e. The maximum Gasteiger partial charge on any atom is 0.0718 e. The summed E-state index contributed by atoms with van der Waals surface area (Å²) in [6, 6.07) is 0. The van der Waals surface area contributed by atoms with Gasteiger partial charge in [-0.1, -0.05) is 19.1 Å². The highest BCUT2D eigenvalue weighted by molar-refractivity contribution is 4.83. The zero-order chi connectivity index (χ0) is 5.70. The first-order chi connectivity index (χ1) is 3.31. The van der Waals surface area contributed by atoms with E-state index in [1.54, 1.807) is 6.08 Å². The van der Waals surface area contributed by atoms with Crippen molar-refractivity contribution in [1.82, 2.24) is 0 Å². The van der Waals surface area contributed by atoms with E-state index in [1.165, 1.54) is 0 Å². The molecule has 1 nitrogen and oxygen atoms in total. The first-order valence-corrected chi connectivity index (χ1v) is 2.62. The van der Waals surface area contributed by atoms with Crippen LogP contribution in [0.1, 0.15) is 20.3 Å². The molecule has 1 heteroatoms. The van der Waals surface area contributed by atoms with E-state index in [-0.39, 0.29) is 6.10 Å². The van der Waals surface area contributed by atoms with Crippen LogP contribution in [-0.4, -0.2) is 11.2 Å². The summed E-state index contributed by atoms with van der Waals surface area (Å²) in [5.74, 6) is 0. The zero-order valence-corrected chi connectivity index (χ0v) is 4.89. The number of allylic oxidation sites excluding steroid dienone is 1. The van der Waals surface area contributed by atoms with Crippen molar-refractivity contribution >= 4 is 0 Å². The molecule has 0 bridgehead atoms. The maximum atomic E-state index is 8.77. The fraction of sp³-hybridized carbons (Fsp3) is 0.667. The van der Waals surface area contributed by atoms with Crippen LogP contribution in [0.15, 0.2) is 12.2 Å². The van der Waals surface area contributed by atoms with Crippen LogP contribution >= 0.6 is 0 Å². The van der Waals surface area contributed by atoms with Crippen LogP contribution in [-0.2, 0) is 0 Å². The first-order valence-electron chi connectivity index (χ1n) is 2.62. The largest absolute Gasteiger partial charge is 0.389 e. The molecule has 0 aliphatic carbocycles. The van der Waals surface area contributed by atoms with E-state index in [9.17, 15) is 0 Å². The Labute approximate surface area is 44.7 Å². The van der Waals surface area contributed by atoms with Gasteiger partial charge in [0.05, 0.1) is 6.10 Å². The predicted molar refractivity (Wildman–Crippen MR) is 31.1 cm³/mol. The van der Waals surface area contributed by atoms with Crippen molar-refractivity contribution in [2.45, 2.75) is 26.4 Å². The fourth-order valence-electron chi connectivity index (χ4n) is 0.358. The zero-order valence-electron chi connectivity index (χ0n) is 4.89. The molecule has 0 radical (unpaired) electrons. The summed E-state index contributed by atoms with van der Waals surface area (Å²) < 4.78 is 0. The lowest BCUT2D eigenvalue weighted by molar-refractivity contribution is 0.219. The van der Waals surface area contributed by atoms with Gasteiger partial charge < -0.3 is 5.11 Å². The quantitative estimate of drug-likeness (QED) is 0.519. The lowest BCUT2D eigenvalue weighted by Gasteiger charge is -1.95. The molecule has 0 saturated carbocycles. The molecule has 0 rings (SSSR count). The Morgan fingerprint density at radius 1 is 1.71 bits per heavy atom. The average molecular weight is 100 g/mol. The van der Waals surface area contributed by atoms with E-state index in [0.717, 1.165) is 6.42 Å². The van der Waals surface area contributed by atoms with Gasteiger partial charge in [-0.05, 0) is 13.3 Å². The predicted octanol–water partition coefficient (Wildman–Crippen LogP) is 1.33. The highest BCUT2D eigenvalue weighted by Gasteiger charge is 1.87. The second-order valence-corrected chi connectivity index (χ2v) is 1.50. The summed E-state index contributed by atoms with van der Waals surface area (Å²) in [5, 5.41) is 8.77. The van der Waals surface area contributed by atoms with Crippen molar-refractivity contribution in [3.8, 4) is 0 Å². The van der Waals surface area contributed by atoms with Crippen LogP contribution < -0.4 is 0 Å². The Morgan fingerprint density at radius 3 is 2.43 bits per heavy atom. The first kappa shape index (κ1) is 6.70. The summed E-state index contributed by atoms with van der Waals surface area (Å²) in [7, 11) is 0. The average Bonchev–Trinajstić information content (AvgIpc) is 1.68. The third-order valence-electron chi connectivity index (χ3n) is 0.833. The molecule has 0 aromatic rings. The van der Waals surface area contributed by atoms with Crippen LogP contribution in [0.3, 0.4) is 0 Å². The summed E-state index contributed by atoms with van der Waals surface area (Å²) in [6.45, 7) is 3.85. The van der Waals surface area contributed by atoms with E-state index < -0.39 is 0 Å². The van der Waals surface area contributed by atoms with Gasteiger partial charge in [0.2, 0.25) is 0 Å². The second-order valence-electron chi connectivity index (χ2n) is 1.50. The molecule has 42 valence electrons. The maximum absolute atomic E-state index is 8.77.